The van der Waals surface area contributed by atoms with Crippen LogP contribution in [0.5, 0.6) is 0 Å². The molecule has 2 aliphatic carbocycles. The van der Waals surface area contributed by atoms with Crippen molar-refractivity contribution >= 4 is 18.0 Å². The fraction of sp³-hybridized carbons (Fsp3) is 0.464. The average Bonchev–Trinajstić information content (AvgIpc) is 3.66. The van der Waals surface area contributed by atoms with Crippen LogP contribution >= 0.6 is 0 Å². The number of carbonyl (C=O) groups excluding carboxylic acids is 2. The highest BCUT2D eigenvalue weighted by atomic mass is 16.5. The van der Waals surface area contributed by atoms with Crippen molar-refractivity contribution in [3.8, 4) is 11.1 Å². The lowest BCUT2D eigenvalue weighted by molar-refractivity contribution is -0.151. The van der Waals surface area contributed by atoms with Crippen molar-refractivity contribution in [1.29, 1.82) is 0 Å². The molecule has 7 heteroatoms. The predicted molar refractivity (Wildman–Crippen MR) is 131 cm³/mol. The van der Waals surface area contributed by atoms with Crippen molar-refractivity contribution in [2.45, 2.75) is 62.9 Å². The topological polar surface area (TPSA) is 95.9 Å². The number of carbonyl (C=O) groups is 3. The van der Waals surface area contributed by atoms with Crippen LogP contribution in [0.1, 0.15) is 62.0 Å². The molecular formula is C28H32N2O5. The second kappa shape index (κ2) is 10.1. The molecule has 1 saturated carbocycles. The Labute approximate surface area is 205 Å². The highest BCUT2D eigenvalue weighted by Gasteiger charge is 2.38. The third kappa shape index (κ3) is 5.04. The minimum Gasteiger partial charge on any atom is -0.480 e. The van der Waals surface area contributed by atoms with Gasteiger partial charge in [0.15, 0.2) is 0 Å². The van der Waals surface area contributed by atoms with Crippen molar-refractivity contribution in [3.05, 3.63) is 59.7 Å². The number of hydrogen-bond acceptors (Lipinski definition) is 4. The molecular weight excluding hydrogens is 444 g/mol. The highest BCUT2D eigenvalue weighted by molar-refractivity contribution is 5.89. The Bertz CT molecular complexity index is 1070. The first kappa shape index (κ1) is 23.4. The molecule has 5 rings (SSSR count). The summed E-state index contributed by atoms with van der Waals surface area (Å²) in [5.41, 5.74) is 4.56. The number of nitrogens with one attached hydrogen (secondary N) is 1. The summed E-state index contributed by atoms with van der Waals surface area (Å²) in [7, 11) is 0. The molecule has 1 heterocycles. The summed E-state index contributed by atoms with van der Waals surface area (Å²) in [4.78, 5) is 39.6. The molecule has 0 spiro atoms. The summed E-state index contributed by atoms with van der Waals surface area (Å²) in [6.45, 7) is 0.578. The SMILES string of the molecule is O=C(N[C@@H](CC1CC1)C(=O)N1CCCCCC1C(=O)O)OCC1c2ccccc2-c2ccccc21. The summed E-state index contributed by atoms with van der Waals surface area (Å²) >= 11 is 0. The Balaban J connectivity index is 1.27. The third-order valence-corrected chi connectivity index (χ3v) is 7.52. The second-order valence-corrected chi connectivity index (χ2v) is 9.94. The number of benzene rings is 2. The van der Waals surface area contributed by atoms with Crippen molar-refractivity contribution < 1.29 is 24.2 Å². The molecule has 35 heavy (non-hydrogen) atoms. The summed E-state index contributed by atoms with van der Waals surface area (Å²) in [6.07, 6.45) is 4.85. The number of amides is 2. The number of carboxylic acids is 1. The molecule has 7 nitrogen and oxygen atoms in total. The minimum atomic E-state index is -0.980. The number of fused-ring (bicyclic) bond motifs is 3. The van der Waals surface area contributed by atoms with E-state index in [1.807, 2.05) is 24.3 Å². The number of aliphatic carboxylic acids is 1. The summed E-state index contributed by atoms with van der Waals surface area (Å²) in [5, 5.41) is 12.5. The Kier molecular flexibility index (Phi) is 6.75. The predicted octanol–water partition coefficient (Wildman–Crippen LogP) is 4.55. The van der Waals surface area contributed by atoms with Crippen LogP contribution in [0.3, 0.4) is 0 Å². The van der Waals surface area contributed by atoms with Crippen LogP contribution in [0.15, 0.2) is 48.5 Å². The Hall–Kier alpha value is -3.35. The van der Waals surface area contributed by atoms with Crippen molar-refractivity contribution in [3.63, 3.8) is 0 Å². The first-order chi connectivity index (χ1) is 17.0. The van der Waals surface area contributed by atoms with Gasteiger partial charge in [-0.15, -0.1) is 0 Å². The second-order valence-electron chi connectivity index (χ2n) is 9.94. The zero-order chi connectivity index (χ0) is 24.4. The molecule has 2 atom stereocenters. The van der Waals surface area contributed by atoms with Gasteiger partial charge in [0.05, 0.1) is 0 Å². The molecule has 2 fully saturated rings. The Morgan fingerprint density at radius 1 is 0.943 bits per heavy atom. The van der Waals surface area contributed by atoms with E-state index in [2.05, 4.69) is 29.6 Å². The van der Waals surface area contributed by atoms with Gasteiger partial charge in [0.25, 0.3) is 0 Å². The number of ether oxygens (including phenoxy) is 1. The lowest BCUT2D eigenvalue weighted by Crippen LogP contribution is -2.54. The van der Waals surface area contributed by atoms with Crippen LogP contribution < -0.4 is 5.32 Å². The number of rotatable bonds is 7. The highest BCUT2D eigenvalue weighted by Crippen LogP contribution is 2.44. The number of alkyl carbamates (subject to hydrolysis) is 1. The largest absolute Gasteiger partial charge is 0.480 e. The van der Waals surface area contributed by atoms with Gasteiger partial charge in [0, 0.05) is 12.5 Å². The molecule has 1 saturated heterocycles. The Morgan fingerprint density at radius 3 is 2.23 bits per heavy atom. The fourth-order valence-electron chi connectivity index (χ4n) is 5.52. The van der Waals surface area contributed by atoms with Crippen molar-refractivity contribution in [2.24, 2.45) is 5.92 Å². The van der Waals surface area contributed by atoms with Crippen LogP contribution in [-0.4, -0.2) is 53.2 Å². The van der Waals surface area contributed by atoms with Gasteiger partial charge in [-0.05, 0) is 47.4 Å². The zero-order valence-corrected chi connectivity index (χ0v) is 19.8. The van der Waals surface area contributed by atoms with Crippen molar-refractivity contribution in [1.82, 2.24) is 10.2 Å². The number of nitrogens with zero attached hydrogens (tertiary/aromatic N) is 1. The molecule has 184 valence electrons. The van der Waals surface area contributed by atoms with Gasteiger partial charge in [-0.2, -0.15) is 0 Å². The zero-order valence-electron chi connectivity index (χ0n) is 19.8. The van der Waals surface area contributed by atoms with E-state index in [4.69, 9.17) is 4.74 Å². The maximum Gasteiger partial charge on any atom is 0.407 e. The molecule has 2 amide bonds. The van der Waals surface area contributed by atoms with E-state index in [0.717, 1.165) is 54.4 Å². The van der Waals surface area contributed by atoms with E-state index in [-0.39, 0.29) is 18.4 Å². The molecule has 1 unspecified atom stereocenters. The van der Waals surface area contributed by atoms with Gasteiger partial charge < -0.3 is 20.1 Å². The van der Waals surface area contributed by atoms with Gasteiger partial charge in [-0.25, -0.2) is 9.59 Å². The first-order valence-corrected chi connectivity index (χ1v) is 12.7. The van der Waals surface area contributed by atoms with Crippen LogP contribution in [-0.2, 0) is 14.3 Å². The smallest absolute Gasteiger partial charge is 0.407 e. The summed E-state index contributed by atoms with van der Waals surface area (Å²) in [6, 6.07) is 14.7. The number of hydrogen-bond donors (Lipinski definition) is 2. The maximum atomic E-state index is 13.4. The number of likely N-dealkylation sites (tertiary alicyclic amines) is 1. The van der Waals surface area contributed by atoms with Gasteiger partial charge in [0.2, 0.25) is 5.91 Å². The standard InChI is InChI=1S/C28H32N2O5/c31-26(30-15-7-1-2-12-25(30)27(32)33)24(16-18-13-14-18)29-28(34)35-17-23-21-10-5-3-8-19(21)20-9-4-6-11-22(20)23/h3-6,8-11,18,23-25H,1-2,7,12-17H2,(H,29,34)(H,32,33)/t24-,25?/m0/s1. The maximum absolute atomic E-state index is 13.4. The fourth-order valence-corrected chi connectivity index (χ4v) is 5.52. The van der Waals surface area contributed by atoms with Crippen LogP contribution in [0, 0.1) is 5.92 Å². The van der Waals surface area contributed by atoms with Gasteiger partial charge in [-0.3, -0.25) is 4.79 Å². The van der Waals surface area contributed by atoms with E-state index in [0.29, 0.717) is 25.3 Å². The van der Waals surface area contributed by atoms with E-state index in [1.165, 1.54) is 4.90 Å². The Morgan fingerprint density at radius 2 is 1.60 bits per heavy atom. The van der Waals surface area contributed by atoms with Gasteiger partial charge in [-0.1, -0.05) is 74.2 Å². The normalized spacial score (nSPS) is 20.3. The monoisotopic (exact) mass is 476 g/mol. The van der Waals surface area contributed by atoms with E-state index < -0.39 is 24.1 Å². The molecule has 3 aliphatic rings. The number of carboxylic acid groups (broad SMARTS) is 1. The molecule has 2 aromatic rings. The molecule has 1 aliphatic heterocycles. The van der Waals surface area contributed by atoms with E-state index in [1.54, 1.807) is 0 Å². The molecule has 0 bridgehead atoms. The average molecular weight is 477 g/mol. The van der Waals surface area contributed by atoms with Crippen molar-refractivity contribution in [2.75, 3.05) is 13.2 Å². The first-order valence-electron chi connectivity index (χ1n) is 12.7. The molecule has 0 aromatic heterocycles. The van der Waals surface area contributed by atoms with E-state index in [9.17, 15) is 19.5 Å². The quantitative estimate of drug-likeness (QED) is 0.611. The van der Waals surface area contributed by atoms with Gasteiger partial charge in [0.1, 0.15) is 18.7 Å². The van der Waals surface area contributed by atoms with E-state index >= 15 is 0 Å². The van der Waals surface area contributed by atoms with Crippen LogP contribution in [0.4, 0.5) is 4.79 Å². The molecule has 0 radical (unpaired) electrons. The van der Waals surface area contributed by atoms with Crippen LogP contribution in [0.2, 0.25) is 0 Å². The molecule has 2 aromatic carbocycles. The lowest BCUT2D eigenvalue weighted by Gasteiger charge is -2.31. The lowest BCUT2D eigenvalue weighted by atomic mass is 9.98. The van der Waals surface area contributed by atoms with Gasteiger partial charge >= 0.3 is 12.1 Å². The van der Waals surface area contributed by atoms with Crippen LogP contribution in [0.25, 0.3) is 11.1 Å². The summed E-state index contributed by atoms with van der Waals surface area (Å²) in [5.74, 6) is -0.966. The molecule has 2 N–H and O–H groups in total. The third-order valence-electron chi connectivity index (χ3n) is 7.52. The summed E-state index contributed by atoms with van der Waals surface area (Å²) < 4.78 is 5.67. The minimum absolute atomic E-state index is 0.0623.